The summed E-state index contributed by atoms with van der Waals surface area (Å²) >= 11 is 6.45. The second-order valence-corrected chi connectivity index (χ2v) is 5.77. The highest BCUT2D eigenvalue weighted by atomic mass is 35.5. The van der Waals surface area contributed by atoms with E-state index in [1.807, 2.05) is 31.3 Å². The van der Waals surface area contributed by atoms with Crippen LogP contribution in [-0.4, -0.2) is 25.0 Å². The van der Waals surface area contributed by atoms with Gasteiger partial charge in [-0.15, -0.1) is 0 Å². The molecule has 24 heavy (non-hydrogen) atoms. The van der Waals surface area contributed by atoms with Crippen molar-refractivity contribution in [1.82, 2.24) is 25.0 Å². The Morgan fingerprint density at radius 1 is 1.21 bits per heavy atom. The fourth-order valence-corrected chi connectivity index (χ4v) is 2.76. The maximum absolute atomic E-state index is 6.45. The molecular formula is C16H14ClN7. The highest BCUT2D eigenvalue weighted by Crippen LogP contribution is 2.32. The molecule has 0 atom stereocenters. The molecule has 8 heteroatoms. The fourth-order valence-electron chi connectivity index (χ4n) is 2.50. The van der Waals surface area contributed by atoms with Gasteiger partial charge in [0.1, 0.15) is 11.6 Å². The number of nitrogen functional groups attached to an aromatic ring is 1. The first-order valence-corrected chi connectivity index (χ1v) is 7.64. The molecule has 3 heterocycles. The van der Waals surface area contributed by atoms with Crippen molar-refractivity contribution < 1.29 is 0 Å². The van der Waals surface area contributed by atoms with Gasteiger partial charge in [-0.1, -0.05) is 11.6 Å². The number of nitrogens with one attached hydrogen (secondary N) is 2. The van der Waals surface area contributed by atoms with Gasteiger partial charge in [-0.3, -0.25) is 9.78 Å². The zero-order chi connectivity index (χ0) is 16.7. The summed E-state index contributed by atoms with van der Waals surface area (Å²) in [4.78, 5) is 4.10. The van der Waals surface area contributed by atoms with Gasteiger partial charge in [0.05, 0.1) is 28.1 Å². The van der Waals surface area contributed by atoms with Gasteiger partial charge >= 0.3 is 0 Å². The Morgan fingerprint density at radius 3 is 2.88 bits per heavy atom. The molecule has 0 aliphatic carbocycles. The number of anilines is 3. The Bertz CT molecular complexity index is 1020. The Balaban J connectivity index is 1.69. The lowest BCUT2D eigenvalue weighted by Gasteiger charge is -2.08. The molecule has 4 rings (SSSR count). The van der Waals surface area contributed by atoms with Crippen LogP contribution in [0.25, 0.3) is 22.2 Å². The van der Waals surface area contributed by atoms with E-state index in [9.17, 15) is 0 Å². The molecule has 7 nitrogen and oxygen atoms in total. The number of hydrogen-bond acceptors (Lipinski definition) is 5. The van der Waals surface area contributed by atoms with Gasteiger partial charge < -0.3 is 11.1 Å². The van der Waals surface area contributed by atoms with Crippen LogP contribution < -0.4 is 11.1 Å². The summed E-state index contributed by atoms with van der Waals surface area (Å²) in [7, 11) is 1.86. The minimum absolute atomic E-state index is 0.480. The Kier molecular flexibility index (Phi) is 3.35. The van der Waals surface area contributed by atoms with Gasteiger partial charge in [0.2, 0.25) is 0 Å². The molecule has 0 spiro atoms. The van der Waals surface area contributed by atoms with Crippen LogP contribution in [0.2, 0.25) is 5.02 Å². The molecule has 0 unspecified atom stereocenters. The summed E-state index contributed by atoms with van der Waals surface area (Å²) in [6.07, 6.45) is 3.41. The van der Waals surface area contributed by atoms with Gasteiger partial charge in [0.25, 0.3) is 0 Å². The number of hydrogen-bond donors (Lipinski definition) is 3. The van der Waals surface area contributed by atoms with Crippen LogP contribution in [0.3, 0.4) is 0 Å². The largest absolute Gasteiger partial charge is 0.384 e. The third-order valence-corrected chi connectivity index (χ3v) is 4.19. The summed E-state index contributed by atoms with van der Waals surface area (Å²) in [5.74, 6) is 1.29. The van der Waals surface area contributed by atoms with Crippen LogP contribution >= 0.6 is 11.6 Å². The van der Waals surface area contributed by atoms with Gasteiger partial charge in [0, 0.05) is 30.3 Å². The number of halogens is 1. The summed E-state index contributed by atoms with van der Waals surface area (Å²) < 4.78 is 1.75. The number of aryl methyl sites for hydroxylation is 1. The highest BCUT2D eigenvalue weighted by molar-refractivity contribution is 6.38. The maximum Gasteiger partial charge on any atom is 0.128 e. The van der Waals surface area contributed by atoms with Crippen molar-refractivity contribution in [3.8, 4) is 11.3 Å². The first kappa shape index (κ1) is 14.5. The van der Waals surface area contributed by atoms with E-state index in [2.05, 4.69) is 25.6 Å². The van der Waals surface area contributed by atoms with Crippen LogP contribution in [-0.2, 0) is 7.05 Å². The molecule has 4 N–H and O–H groups in total. The molecule has 0 saturated carbocycles. The highest BCUT2D eigenvalue weighted by Gasteiger charge is 2.11. The Hall–Kier alpha value is -3.06. The average molecular weight is 340 g/mol. The van der Waals surface area contributed by atoms with Crippen LogP contribution in [0.1, 0.15) is 0 Å². The third kappa shape index (κ3) is 2.44. The number of nitrogens with two attached hydrogens (primary N) is 1. The van der Waals surface area contributed by atoms with Crippen LogP contribution in [0.5, 0.6) is 0 Å². The molecule has 3 aromatic heterocycles. The minimum Gasteiger partial charge on any atom is -0.384 e. The Morgan fingerprint density at radius 2 is 2.08 bits per heavy atom. The molecule has 4 aromatic rings. The zero-order valence-corrected chi connectivity index (χ0v) is 13.5. The molecule has 0 radical (unpaired) electrons. The first-order valence-electron chi connectivity index (χ1n) is 7.26. The van der Waals surface area contributed by atoms with E-state index in [0.717, 1.165) is 33.7 Å². The number of aromatic amines is 1. The second kappa shape index (κ2) is 5.54. The van der Waals surface area contributed by atoms with Crippen molar-refractivity contribution >= 4 is 39.8 Å². The van der Waals surface area contributed by atoms with Crippen LogP contribution in [0.15, 0.2) is 42.7 Å². The molecular weight excluding hydrogens is 326 g/mol. The number of pyridine rings is 1. The van der Waals surface area contributed by atoms with E-state index in [-0.39, 0.29) is 0 Å². The van der Waals surface area contributed by atoms with Gasteiger partial charge in [-0.05, 0) is 24.3 Å². The molecule has 120 valence electrons. The van der Waals surface area contributed by atoms with Crippen molar-refractivity contribution in [2.75, 3.05) is 11.1 Å². The summed E-state index contributed by atoms with van der Waals surface area (Å²) in [6.45, 7) is 0. The molecule has 0 saturated heterocycles. The smallest absolute Gasteiger partial charge is 0.128 e. The van der Waals surface area contributed by atoms with Crippen molar-refractivity contribution in [2.45, 2.75) is 0 Å². The Labute approximate surface area is 142 Å². The van der Waals surface area contributed by atoms with Gasteiger partial charge in [-0.2, -0.15) is 10.2 Å². The molecule has 0 fully saturated rings. The van der Waals surface area contributed by atoms with Crippen molar-refractivity contribution in [2.24, 2.45) is 7.05 Å². The lowest BCUT2D eigenvalue weighted by molar-refractivity contribution is 0.780. The summed E-state index contributed by atoms with van der Waals surface area (Å²) in [5.41, 5.74) is 9.00. The fraction of sp³-hybridized carbons (Fsp3) is 0.0625. The van der Waals surface area contributed by atoms with Crippen molar-refractivity contribution in [3.63, 3.8) is 0 Å². The number of rotatable bonds is 3. The number of benzene rings is 1. The number of aromatic nitrogens is 5. The molecule has 0 aliphatic rings. The molecule has 0 amide bonds. The van der Waals surface area contributed by atoms with E-state index >= 15 is 0 Å². The summed E-state index contributed by atoms with van der Waals surface area (Å²) in [6, 6.07) is 9.40. The molecule has 0 bridgehead atoms. The topological polar surface area (TPSA) is 97.4 Å². The van der Waals surface area contributed by atoms with E-state index < -0.39 is 0 Å². The van der Waals surface area contributed by atoms with Crippen molar-refractivity contribution in [3.05, 3.63) is 47.7 Å². The normalized spacial score (nSPS) is 11.1. The van der Waals surface area contributed by atoms with Crippen LogP contribution in [0.4, 0.5) is 17.3 Å². The first-order chi connectivity index (χ1) is 11.6. The number of H-pyrrole nitrogens is 1. The standard InChI is InChI=1S/C16H14ClN7/c1-24-15(6-13(23-24)9-2-5-14(18)19-7-9)21-12-4-3-11-10(16(12)17)8-20-22-11/h2-8,21H,1H3,(H2,18,19)(H,20,22). The quantitative estimate of drug-likeness (QED) is 0.532. The van der Waals surface area contributed by atoms with Crippen LogP contribution in [0, 0.1) is 0 Å². The monoisotopic (exact) mass is 339 g/mol. The number of fused-ring (bicyclic) bond motifs is 1. The summed E-state index contributed by atoms with van der Waals surface area (Å²) in [5, 5.41) is 16.2. The number of nitrogens with zero attached hydrogens (tertiary/aromatic N) is 4. The van der Waals surface area contributed by atoms with E-state index in [0.29, 0.717) is 10.8 Å². The van der Waals surface area contributed by atoms with Gasteiger partial charge in [-0.25, -0.2) is 4.98 Å². The minimum atomic E-state index is 0.480. The van der Waals surface area contributed by atoms with E-state index in [1.165, 1.54) is 0 Å². The predicted octanol–water partition coefficient (Wildman–Crippen LogP) is 3.34. The van der Waals surface area contributed by atoms with Gasteiger partial charge in [0.15, 0.2) is 0 Å². The lowest BCUT2D eigenvalue weighted by atomic mass is 10.2. The predicted molar refractivity (Wildman–Crippen MR) is 95.2 cm³/mol. The average Bonchev–Trinajstić information content (AvgIpc) is 3.18. The second-order valence-electron chi connectivity index (χ2n) is 5.39. The lowest BCUT2D eigenvalue weighted by Crippen LogP contribution is -1.99. The third-order valence-electron chi connectivity index (χ3n) is 3.78. The molecule has 0 aliphatic heterocycles. The molecule has 1 aromatic carbocycles. The maximum atomic E-state index is 6.45. The zero-order valence-electron chi connectivity index (χ0n) is 12.8. The van der Waals surface area contributed by atoms with Crippen molar-refractivity contribution in [1.29, 1.82) is 0 Å². The van der Waals surface area contributed by atoms with E-state index in [1.54, 1.807) is 23.1 Å². The SMILES string of the molecule is Cn1nc(-c2ccc(N)nc2)cc1Nc1ccc2[nH]ncc2c1Cl. The van der Waals surface area contributed by atoms with E-state index in [4.69, 9.17) is 17.3 Å².